The lowest BCUT2D eigenvalue weighted by atomic mass is 10.1. The molecule has 2 heterocycles. The molecule has 0 fully saturated rings. The Morgan fingerprint density at radius 3 is 2.47 bits per heavy atom. The molecule has 0 aliphatic rings. The number of hydrogen-bond donors (Lipinski definition) is 1. The Balaban J connectivity index is 2.18. The first-order valence-electron chi connectivity index (χ1n) is 8.66. The summed E-state index contributed by atoms with van der Waals surface area (Å²) in [5, 5.41) is 0.731. The average molecular weight is 414 g/mol. The minimum Gasteiger partial charge on any atom is -0.368 e. The van der Waals surface area contributed by atoms with Crippen LogP contribution in [0.1, 0.15) is 5.56 Å². The van der Waals surface area contributed by atoms with Crippen molar-refractivity contribution < 1.29 is 18.0 Å². The van der Waals surface area contributed by atoms with Crippen LogP contribution in [-0.2, 0) is 17.5 Å². The number of benzene rings is 2. The van der Waals surface area contributed by atoms with E-state index in [0.29, 0.717) is 21.4 Å². The summed E-state index contributed by atoms with van der Waals surface area (Å²) in [6.07, 6.45) is -1.91. The highest BCUT2D eigenvalue weighted by atomic mass is 19.4. The Morgan fingerprint density at radius 2 is 1.77 bits per heavy atom. The molecule has 0 bridgehead atoms. The Bertz CT molecular complexity index is 1430. The van der Waals surface area contributed by atoms with Crippen LogP contribution in [-0.4, -0.2) is 20.0 Å². The van der Waals surface area contributed by atoms with E-state index in [-0.39, 0.29) is 16.6 Å². The first-order valence-corrected chi connectivity index (χ1v) is 8.66. The predicted molar refractivity (Wildman–Crippen MR) is 103 cm³/mol. The number of pyridine rings is 1. The summed E-state index contributed by atoms with van der Waals surface area (Å²) in [6, 6.07) is 9.15. The molecule has 0 unspecified atom stereocenters. The van der Waals surface area contributed by atoms with E-state index in [1.165, 1.54) is 12.4 Å². The summed E-state index contributed by atoms with van der Waals surface area (Å²) in [7, 11) is 0. The zero-order chi connectivity index (χ0) is 21.6. The summed E-state index contributed by atoms with van der Waals surface area (Å²) >= 11 is 0. The molecule has 0 atom stereocenters. The van der Waals surface area contributed by atoms with Gasteiger partial charge in [-0.1, -0.05) is 24.3 Å². The van der Waals surface area contributed by atoms with Crippen LogP contribution >= 0.6 is 0 Å². The fourth-order valence-corrected chi connectivity index (χ4v) is 3.35. The SMILES string of the molecule is NC(=O)Cn1c(=O)n(-c2cncc3ccccc23)c(=O)c2cc(C(F)(F)F)ccc21. The number of rotatable bonds is 3. The number of carbonyl (C=O) groups excluding carboxylic acids is 1. The first kappa shape index (κ1) is 19.4. The van der Waals surface area contributed by atoms with Crippen molar-refractivity contribution >= 4 is 27.6 Å². The smallest absolute Gasteiger partial charge is 0.368 e. The van der Waals surface area contributed by atoms with Crippen LogP contribution in [0.2, 0.25) is 0 Å². The van der Waals surface area contributed by atoms with Crippen molar-refractivity contribution in [3.05, 3.63) is 81.3 Å². The van der Waals surface area contributed by atoms with Gasteiger partial charge in [-0.3, -0.25) is 19.1 Å². The Hall–Kier alpha value is -3.95. The van der Waals surface area contributed by atoms with Gasteiger partial charge < -0.3 is 5.73 Å². The average Bonchev–Trinajstić information content (AvgIpc) is 2.70. The van der Waals surface area contributed by atoms with Crippen LogP contribution in [0.5, 0.6) is 0 Å². The van der Waals surface area contributed by atoms with Crippen molar-refractivity contribution in [2.24, 2.45) is 5.73 Å². The molecule has 0 aliphatic carbocycles. The normalized spacial score (nSPS) is 11.8. The molecule has 0 spiro atoms. The highest BCUT2D eigenvalue weighted by Crippen LogP contribution is 2.30. The molecule has 4 rings (SSSR count). The molecular formula is C20H13F3N4O3. The van der Waals surface area contributed by atoms with Crippen LogP contribution in [0.15, 0.2) is 64.4 Å². The van der Waals surface area contributed by atoms with Crippen molar-refractivity contribution in [2.45, 2.75) is 12.7 Å². The summed E-state index contributed by atoms with van der Waals surface area (Å²) in [5.41, 5.74) is 2.25. The molecular weight excluding hydrogens is 401 g/mol. The molecule has 0 saturated heterocycles. The van der Waals surface area contributed by atoms with Gasteiger partial charge in [0.1, 0.15) is 6.54 Å². The highest BCUT2D eigenvalue weighted by molar-refractivity contribution is 5.90. The molecule has 0 saturated carbocycles. The topological polar surface area (TPSA) is 100.0 Å². The summed E-state index contributed by atoms with van der Waals surface area (Å²) in [4.78, 5) is 41.8. The number of primary amides is 1. The first-order chi connectivity index (χ1) is 14.2. The predicted octanol–water partition coefficient (Wildman–Crippen LogP) is 2.20. The van der Waals surface area contributed by atoms with E-state index >= 15 is 0 Å². The second-order valence-corrected chi connectivity index (χ2v) is 6.59. The number of nitrogens with zero attached hydrogens (tertiary/aromatic N) is 3. The number of hydrogen-bond acceptors (Lipinski definition) is 4. The minimum atomic E-state index is -4.70. The minimum absolute atomic E-state index is 0.0839. The number of carbonyl (C=O) groups is 1. The molecule has 0 radical (unpaired) electrons. The molecule has 2 aromatic heterocycles. The third kappa shape index (κ3) is 3.11. The second-order valence-electron chi connectivity index (χ2n) is 6.59. The van der Waals surface area contributed by atoms with Gasteiger partial charge in [0.2, 0.25) is 5.91 Å². The van der Waals surface area contributed by atoms with Crippen molar-refractivity contribution in [2.75, 3.05) is 0 Å². The zero-order valence-corrected chi connectivity index (χ0v) is 15.2. The van der Waals surface area contributed by atoms with Crippen molar-refractivity contribution in [3.8, 4) is 5.69 Å². The third-order valence-corrected chi connectivity index (χ3v) is 4.67. The largest absolute Gasteiger partial charge is 0.416 e. The Morgan fingerprint density at radius 1 is 1.03 bits per heavy atom. The molecule has 0 aliphatic heterocycles. The molecule has 1 amide bonds. The number of amides is 1. The van der Waals surface area contributed by atoms with Crippen LogP contribution in [0, 0.1) is 0 Å². The zero-order valence-electron chi connectivity index (χ0n) is 15.2. The number of halogens is 3. The van der Waals surface area contributed by atoms with Gasteiger partial charge in [-0.15, -0.1) is 0 Å². The van der Waals surface area contributed by atoms with E-state index in [1.807, 2.05) is 0 Å². The number of aromatic nitrogens is 3. The fourth-order valence-electron chi connectivity index (χ4n) is 3.35. The molecule has 2 aromatic carbocycles. The van der Waals surface area contributed by atoms with Gasteiger partial charge in [0, 0.05) is 17.0 Å². The molecule has 10 heteroatoms. The Labute approximate surface area is 165 Å². The van der Waals surface area contributed by atoms with Crippen LogP contribution in [0.4, 0.5) is 13.2 Å². The lowest BCUT2D eigenvalue weighted by molar-refractivity contribution is -0.137. The summed E-state index contributed by atoms with van der Waals surface area (Å²) in [6.45, 7) is -0.612. The quantitative estimate of drug-likeness (QED) is 0.556. The number of nitrogens with two attached hydrogens (primary N) is 1. The molecule has 4 aromatic rings. The van der Waals surface area contributed by atoms with E-state index in [4.69, 9.17) is 5.73 Å². The third-order valence-electron chi connectivity index (χ3n) is 4.67. The van der Waals surface area contributed by atoms with E-state index in [0.717, 1.165) is 16.7 Å². The van der Waals surface area contributed by atoms with Gasteiger partial charge >= 0.3 is 11.9 Å². The van der Waals surface area contributed by atoms with Crippen molar-refractivity contribution in [1.29, 1.82) is 0 Å². The molecule has 30 heavy (non-hydrogen) atoms. The maximum Gasteiger partial charge on any atom is 0.416 e. The van der Waals surface area contributed by atoms with Gasteiger partial charge in [-0.05, 0) is 18.2 Å². The van der Waals surface area contributed by atoms with Gasteiger partial charge in [0.05, 0.1) is 28.4 Å². The van der Waals surface area contributed by atoms with E-state index in [9.17, 15) is 27.6 Å². The highest BCUT2D eigenvalue weighted by Gasteiger charge is 2.31. The second kappa shape index (κ2) is 6.83. The standard InChI is InChI=1S/C20H13F3N4O3/c21-20(22,23)12-5-6-15-14(7-12)18(29)27(19(30)26(15)10-17(24)28)16-9-25-8-11-3-1-2-4-13(11)16/h1-9H,10H2,(H2,24,28). The van der Waals surface area contributed by atoms with Crippen LogP contribution in [0.25, 0.3) is 27.4 Å². The van der Waals surface area contributed by atoms with Crippen molar-refractivity contribution in [1.82, 2.24) is 14.1 Å². The monoisotopic (exact) mass is 414 g/mol. The molecule has 152 valence electrons. The summed E-state index contributed by atoms with van der Waals surface area (Å²) in [5.74, 6) is -0.889. The van der Waals surface area contributed by atoms with Gasteiger partial charge in [0.15, 0.2) is 0 Å². The van der Waals surface area contributed by atoms with Crippen molar-refractivity contribution in [3.63, 3.8) is 0 Å². The summed E-state index contributed by atoms with van der Waals surface area (Å²) < 4.78 is 41.2. The number of alkyl halides is 3. The molecule has 7 nitrogen and oxygen atoms in total. The van der Waals surface area contributed by atoms with Gasteiger partial charge in [0.25, 0.3) is 5.56 Å². The van der Waals surface area contributed by atoms with E-state index in [2.05, 4.69) is 4.98 Å². The van der Waals surface area contributed by atoms with E-state index in [1.54, 1.807) is 24.3 Å². The molecule has 2 N–H and O–H groups in total. The van der Waals surface area contributed by atoms with E-state index < -0.39 is 35.4 Å². The maximum atomic E-state index is 13.2. The van der Waals surface area contributed by atoms with Gasteiger partial charge in [-0.25, -0.2) is 9.36 Å². The van der Waals surface area contributed by atoms with Gasteiger partial charge in [-0.2, -0.15) is 13.2 Å². The van der Waals surface area contributed by atoms with Crippen LogP contribution < -0.4 is 17.0 Å². The van der Waals surface area contributed by atoms with Crippen LogP contribution in [0.3, 0.4) is 0 Å². The lowest BCUT2D eigenvalue weighted by Gasteiger charge is -2.15. The fraction of sp³-hybridized carbons (Fsp3) is 0.100. The lowest BCUT2D eigenvalue weighted by Crippen LogP contribution is -2.41. The number of fused-ring (bicyclic) bond motifs is 2. The Kier molecular flexibility index (Phi) is 4.41. The maximum absolute atomic E-state index is 13.2.